The van der Waals surface area contributed by atoms with Crippen LogP contribution in [0.4, 0.5) is 0 Å². The first-order valence-corrected chi connectivity index (χ1v) is 7.82. The molecule has 0 amide bonds. The molecule has 0 N–H and O–H groups in total. The number of nitriles is 1. The van der Waals surface area contributed by atoms with Crippen molar-refractivity contribution in [1.82, 2.24) is 4.98 Å². The first-order chi connectivity index (χ1) is 11.2. The fourth-order valence-corrected chi connectivity index (χ4v) is 2.67. The van der Waals surface area contributed by atoms with Crippen LogP contribution in [0.2, 0.25) is 10.0 Å². The van der Waals surface area contributed by atoms with Crippen molar-refractivity contribution in [2.24, 2.45) is 0 Å². The predicted molar refractivity (Wildman–Crippen MR) is 93.7 cm³/mol. The second-order valence-electron chi connectivity index (χ2n) is 5.08. The van der Waals surface area contributed by atoms with Crippen LogP contribution in [-0.2, 0) is 6.42 Å². The fraction of sp³-hybridized carbons (Fsp3) is 0.0526. The number of hydrogen-bond acceptors (Lipinski definition) is 2. The molecule has 0 fully saturated rings. The van der Waals surface area contributed by atoms with Crippen LogP contribution in [-0.4, -0.2) is 4.98 Å². The Kier molecular flexibility index (Phi) is 4.62. The number of nitrogens with zero attached hydrogens (tertiary/aromatic N) is 2. The highest BCUT2D eigenvalue weighted by molar-refractivity contribution is 6.31. The van der Waals surface area contributed by atoms with Crippen LogP contribution in [0.3, 0.4) is 0 Å². The molecule has 112 valence electrons. The number of pyridine rings is 1. The molecule has 0 aliphatic rings. The van der Waals surface area contributed by atoms with Crippen LogP contribution in [0.15, 0.2) is 60.7 Å². The molecular formula is C19H12Cl2N2. The van der Waals surface area contributed by atoms with Gasteiger partial charge in [-0.25, -0.2) is 0 Å². The molecule has 2 aromatic carbocycles. The third-order valence-electron chi connectivity index (χ3n) is 3.55. The van der Waals surface area contributed by atoms with Crippen molar-refractivity contribution in [3.8, 4) is 17.3 Å². The van der Waals surface area contributed by atoms with E-state index in [0.717, 1.165) is 16.8 Å². The van der Waals surface area contributed by atoms with Crippen LogP contribution in [0.5, 0.6) is 0 Å². The zero-order chi connectivity index (χ0) is 16.2. The molecule has 0 spiro atoms. The minimum atomic E-state index is 0.518. The van der Waals surface area contributed by atoms with E-state index in [1.54, 1.807) is 6.07 Å². The maximum atomic E-state index is 9.32. The molecule has 1 heterocycles. The van der Waals surface area contributed by atoms with E-state index in [0.29, 0.717) is 27.7 Å². The summed E-state index contributed by atoms with van der Waals surface area (Å²) in [5.41, 5.74) is 3.99. The molecule has 0 aliphatic carbocycles. The molecule has 0 saturated heterocycles. The van der Waals surface area contributed by atoms with E-state index in [9.17, 15) is 5.26 Å². The summed E-state index contributed by atoms with van der Waals surface area (Å²) in [4.78, 5) is 4.66. The summed E-state index contributed by atoms with van der Waals surface area (Å²) < 4.78 is 0. The van der Waals surface area contributed by atoms with Crippen molar-refractivity contribution in [3.05, 3.63) is 87.5 Å². The van der Waals surface area contributed by atoms with Crippen molar-refractivity contribution in [1.29, 1.82) is 5.26 Å². The standard InChI is InChI=1S/C19H12Cl2N2/c20-16-8-5-13(6-9-16)18-10-7-15(12-22)19(23-18)11-14-3-1-2-4-17(14)21/h1-10H,11H2. The van der Waals surface area contributed by atoms with E-state index in [-0.39, 0.29) is 0 Å². The molecule has 0 unspecified atom stereocenters. The zero-order valence-electron chi connectivity index (χ0n) is 12.1. The van der Waals surface area contributed by atoms with Gasteiger partial charge in [0.25, 0.3) is 0 Å². The quantitative estimate of drug-likeness (QED) is 0.630. The second-order valence-corrected chi connectivity index (χ2v) is 5.92. The van der Waals surface area contributed by atoms with Crippen LogP contribution in [0, 0.1) is 11.3 Å². The molecular weight excluding hydrogens is 327 g/mol. The topological polar surface area (TPSA) is 36.7 Å². The van der Waals surface area contributed by atoms with Crippen molar-refractivity contribution >= 4 is 23.2 Å². The lowest BCUT2D eigenvalue weighted by Crippen LogP contribution is -1.99. The Labute approximate surface area is 144 Å². The highest BCUT2D eigenvalue weighted by Crippen LogP contribution is 2.24. The average Bonchev–Trinajstić information content (AvgIpc) is 2.57. The van der Waals surface area contributed by atoms with E-state index < -0.39 is 0 Å². The smallest absolute Gasteiger partial charge is 0.101 e. The molecule has 4 heteroatoms. The van der Waals surface area contributed by atoms with E-state index >= 15 is 0 Å². The van der Waals surface area contributed by atoms with E-state index in [2.05, 4.69) is 11.1 Å². The zero-order valence-corrected chi connectivity index (χ0v) is 13.6. The van der Waals surface area contributed by atoms with Crippen LogP contribution in [0.25, 0.3) is 11.3 Å². The maximum Gasteiger partial charge on any atom is 0.101 e. The normalized spacial score (nSPS) is 10.3. The number of rotatable bonds is 3. The molecule has 0 aliphatic heterocycles. The van der Waals surface area contributed by atoms with Gasteiger partial charge < -0.3 is 0 Å². The lowest BCUT2D eigenvalue weighted by molar-refractivity contribution is 1.07. The van der Waals surface area contributed by atoms with Gasteiger partial charge in [0.2, 0.25) is 0 Å². The van der Waals surface area contributed by atoms with Gasteiger partial charge in [0.05, 0.1) is 17.0 Å². The molecule has 23 heavy (non-hydrogen) atoms. The third-order valence-corrected chi connectivity index (χ3v) is 4.17. The number of halogens is 2. The SMILES string of the molecule is N#Cc1ccc(-c2ccc(Cl)cc2)nc1Cc1ccccc1Cl. The number of hydrogen-bond donors (Lipinski definition) is 0. The Morgan fingerprint density at radius 2 is 1.65 bits per heavy atom. The first-order valence-electron chi connectivity index (χ1n) is 7.07. The highest BCUT2D eigenvalue weighted by atomic mass is 35.5. The van der Waals surface area contributed by atoms with Crippen molar-refractivity contribution in [3.63, 3.8) is 0 Å². The van der Waals surface area contributed by atoms with E-state index in [1.165, 1.54) is 0 Å². The largest absolute Gasteiger partial charge is 0.251 e. The van der Waals surface area contributed by atoms with Gasteiger partial charge in [-0.1, -0.05) is 53.5 Å². The average molecular weight is 339 g/mol. The molecule has 0 radical (unpaired) electrons. The van der Waals surface area contributed by atoms with Gasteiger partial charge in [0.15, 0.2) is 0 Å². The van der Waals surface area contributed by atoms with Gasteiger partial charge in [-0.05, 0) is 35.9 Å². The number of benzene rings is 2. The Balaban J connectivity index is 2.02. The molecule has 0 saturated carbocycles. The van der Waals surface area contributed by atoms with Crippen LogP contribution < -0.4 is 0 Å². The minimum absolute atomic E-state index is 0.518. The third kappa shape index (κ3) is 3.53. The van der Waals surface area contributed by atoms with Crippen molar-refractivity contribution in [2.75, 3.05) is 0 Å². The Morgan fingerprint density at radius 1 is 0.913 bits per heavy atom. The molecule has 3 aromatic rings. The summed E-state index contributed by atoms with van der Waals surface area (Å²) in [6.45, 7) is 0. The predicted octanol–water partition coefficient (Wildman–Crippen LogP) is 5.52. The molecule has 0 atom stereocenters. The summed E-state index contributed by atoms with van der Waals surface area (Å²) in [5, 5.41) is 10.7. The van der Waals surface area contributed by atoms with E-state index in [1.807, 2.05) is 54.6 Å². The summed E-state index contributed by atoms with van der Waals surface area (Å²) >= 11 is 12.1. The number of aromatic nitrogens is 1. The summed E-state index contributed by atoms with van der Waals surface area (Å²) in [6, 6.07) is 20.9. The second kappa shape index (κ2) is 6.83. The van der Waals surface area contributed by atoms with Crippen molar-refractivity contribution < 1.29 is 0 Å². The Bertz CT molecular complexity index is 881. The summed E-state index contributed by atoms with van der Waals surface area (Å²) in [5.74, 6) is 0. The van der Waals surface area contributed by atoms with Crippen LogP contribution in [0.1, 0.15) is 16.8 Å². The Hall–Kier alpha value is -2.34. The minimum Gasteiger partial charge on any atom is -0.251 e. The molecule has 0 bridgehead atoms. The van der Waals surface area contributed by atoms with Crippen LogP contribution >= 0.6 is 23.2 Å². The Morgan fingerprint density at radius 3 is 2.35 bits per heavy atom. The lowest BCUT2D eigenvalue weighted by Gasteiger charge is -2.08. The van der Waals surface area contributed by atoms with Gasteiger partial charge in [-0.2, -0.15) is 5.26 Å². The van der Waals surface area contributed by atoms with Gasteiger partial charge in [0, 0.05) is 22.0 Å². The fourth-order valence-electron chi connectivity index (χ4n) is 2.34. The maximum absolute atomic E-state index is 9.32. The van der Waals surface area contributed by atoms with Gasteiger partial charge in [-0.3, -0.25) is 4.98 Å². The molecule has 3 rings (SSSR count). The monoisotopic (exact) mass is 338 g/mol. The molecule has 2 nitrogen and oxygen atoms in total. The first kappa shape index (κ1) is 15.6. The summed E-state index contributed by atoms with van der Waals surface area (Å²) in [7, 11) is 0. The van der Waals surface area contributed by atoms with Gasteiger partial charge >= 0.3 is 0 Å². The lowest BCUT2D eigenvalue weighted by atomic mass is 10.0. The summed E-state index contributed by atoms with van der Waals surface area (Å²) in [6.07, 6.45) is 0.518. The van der Waals surface area contributed by atoms with Gasteiger partial charge in [-0.15, -0.1) is 0 Å². The van der Waals surface area contributed by atoms with Crippen molar-refractivity contribution in [2.45, 2.75) is 6.42 Å². The van der Waals surface area contributed by atoms with E-state index in [4.69, 9.17) is 23.2 Å². The molecule has 1 aromatic heterocycles. The van der Waals surface area contributed by atoms with Gasteiger partial charge in [0.1, 0.15) is 6.07 Å². The highest BCUT2D eigenvalue weighted by Gasteiger charge is 2.10.